The topological polar surface area (TPSA) is 53.5 Å². The minimum absolute atomic E-state index is 0.570. The highest BCUT2D eigenvalue weighted by Gasteiger charge is 2.23. The van der Waals surface area contributed by atoms with Gasteiger partial charge in [-0.25, -0.2) is 13.4 Å². The Bertz CT molecular complexity index is 686. The number of rotatable bonds is 4. The molecule has 1 fully saturated rings. The largest absolute Gasteiger partial charge is 0.295 e. The average molecular weight is 343 g/mol. The molecule has 8 heteroatoms. The molecule has 0 spiro atoms. The zero-order chi connectivity index (χ0) is 14.9. The van der Waals surface area contributed by atoms with Gasteiger partial charge in [0, 0.05) is 49.0 Å². The van der Waals surface area contributed by atoms with Gasteiger partial charge in [-0.15, -0.1) is 11.3 Å². The normalized spacial score (nSPS) is 18.1. The van der Waals surface area contributed by atoms with E-state index in [1.807, 2.05) is 0 Å². The Labute approximate surface area is 132 Å². The number of hydrogen-bond donors (Lipinski definition) is 0. The molecule has 0 unspecified atom stereocenters. The summed E-state index contributed by atoms with van der Waals surface area (Å²) in [6.45, 7) is 3.45. The second kappa shape index (κ2) is 6.13. The Kier molecular flexibility index (Phi) is 4.41. The molecule has 0 saturated carbocycles. The van der Waals surface area contributed by atoms with Crippen LogP contribution in [-0.2, 0) is 16.6 Å². The predicted octanol–water partition coefficient (Wildman–Crippen LogP) is 1.95. The summed E-state index contributed by atoms with van der Waals surface area (Å²) >= 11 is 3.34. The molecular weight excluding hydrogens is 326 g/mol. The number of thiazole rings is 1. The lowest BCUT2D eigenvalue weighted by molar-refractivity contribution is 0.181. The molecule has 1 aliphatic heterocycles. The fraction of sp³-hybridized carbons (Fsp3) is 0.462. The molecule has 1 aliphatic rings. The van der Waals surface area contributed by atoms with E-state index in [2.05, 4.69) is 32.1 Å². The van der Waals surface area contributed by atoms with E-state index in [0.717, 1.165) is 30.3 Å². The number of sulfonamides is 1. The second-order valence-corrected chi connectivity index (χ2v) is 8.71. The molecular formula is C13H17N3O2S3. The van der Waals surface area contributed by atoms with E-state index in [0.29, 0.717) is 13.1 Å². The first-order valence-electron chi connectivity index (χ1n) is 6.67. The maximum Gasteiger partial charge on any atom is 0.211 e. The molecule has 0 amide bonds. The molecule has 2 aromatic heterocycles. The van der Waals surface area contributed by atoms with Gasteiger partial charge in [-0.1, -0.05) is 0 Å². The third-order valence-corrected chi connectivity index (χ3v) is 6.43. The van der Waals surface area contributed by atoms with E-state index in [1.165, 1.54) is 11.8 Å². The van der Waals surface area contributed by atoms with Crippen LogP contribution >= 0.6 is 22.7 Å². The minimum Gasteiger partial charge on any atom is -0.295 e. The van der Waals surface area contributed by atoms with Crippen molar-refractivity contribution in [3.05, 3.63) is 27.9 Å². The van der Waals surface area contributed by atoms with Gasteiger partial charge in [0.05, 0.1) is 11.9 Å². The van der Waals surface area contributed by atoms with Gasteiger partial charge in [0.25, 0.3) is 0 Å². The van der Waals surface area contributed by atoms with Gasteiger partial charge >= 0.3 is 0 Å². The fourth-order valence-electron chi connectivity index (χ4n) is 2.35. The molecule has 114 valence electrons. The van der Waals surface area contributed by atoms with Crippen LogP contribution in [0.1, 0.15) is 5.69 Å². The van der Waals surface area contributed by atoms with Crippen LogP contribution < -0.4 is 0 Å². The zero-order valence-corrected chi connectivity index (χ0v) is 14.2. The highest BCUT2D eigenvalue weighted by molar-refractivity contribution is 7.88. The van der Waals surface area contributed by atoms with E-state index < -0.39 is 10.0 Å². The number of aromatic nitrogens is 1. The highest BCUT2D eigenvalue weighted by atomic mass is 32.2. The van der Waals surface area contributed by atoms with Crippen molar-refractivity contribution in [2.24, 2.45) is 0 Å². The van der Waals surface area contributed by atoms with Gasteiger partial charge in [-0.2, -0.15) is 15.6 Å². The molecule has 5 nitrogen and oxygen atoms in total. The Morgan fingerprint density at radius 2 is 2.00 bits per heavy atom. The number of piperazine rings is 1. The first kappa shape index (κ1) is 15.1. The molecule has 0 bridgehead atoms. The first-order chi connectivity index (χ1) is 10.0. The van der Waals surface area contributed by atoms with E-state index in [1.54, 1.807) is 27.0 Å². The maximum absolute atomic E-state index is 11.5. The summed E-state index contributed by atoms with van der Waals surface area (Å²) < 4.78 is 24.5. The summed E-state index contributed by atoms with van der Waals surface area (Å²) in [6.07, 6.45) is 1.27. The minimum atomic E-state index is -3.05. The zero-order valence-electron chi connectivity index (χ0n) is 11.7. The van der Waals surface area contributed by atoms with Crippen LogP contribution in [0.2, 0.25) is 0 Å². The third-order valence-electron chi connectivity index (χ3n) is 3.51. The van der Waals surface area contributed by atoms with Gasteiger partial charge in [0.15, 0.2) is 0 Å². The molecule has 3 heterocycles. The first-order valence-corrected chi connectivity index (χ1v) is 10.3. The maximum atomic E-state index is 11.5. The molecule has 3 rings (SSSR count). The van der Waals surface area contributed by atoms with Crippen molar-refractivity contribution in [3.8, 4) is 10.6 Å². The highest BCUT2D eigenvalue weighted by Crippen LogP contribution is 2.26. The van der Waals surface area contributed by atoms with Crippen molar-refractivity contribution in [1.82, 2.24) is 14.2 Å². The van der Waals surface area contributed by atoms with Crippen molar-refractivity contribution in [2.45, 2.75) is 6.54 Å². The molecule has 0 aromatic carbocycles. The van der Waals surface area contributed by atoms with Crippen LogP contribution in [-0.4, -0.2) is 55.0 Å². The van der Waals surface area contributed by atoms with Gasteiger partial charge in [-0.3, -0.25) is 4.90 Å². The Balaban J connectivity index is 1.59. The van der Waals surface area contributed by atoms with Crippen LogP contribution in [0, 0.1) is 0 Å². The molecule has 1 saturated heterocycles. The van der Waals surface area contributed by atoms with Crippen LogP contribution in [0.25, 0.3) is 10.6 Å². The Morgan fingerprint density at radius 1 is 1.24 bits per heavy atom. The van der Waals surface area contributed by atoms with E-state index >= 15 is 0 Å². The van der Waals surface area contributed by atoms with E-state index in [9.17, 15) is 8.42 Å². The molecule has 2 aromatic rings. The summed E-state index contributed by atoms with van der Waals surface area (Å²) in [5.41, 5.74) is 2.24. The Hall–Kier alpha value is -0.800. The molecule has 0 aliphatic carbocycles. The van der Waals surface area contributed by atoms with Crippen LogP contribution in [0.4, 0.5) is 0 Å². The number of thiophene rings is 1. The van der Waals surface area contributed by atoms with Crippen LogP contribution in [0.3, 0.4) is 0 Å². The van der Waals surface area contributed by atoms with Crippen molar-refractivity contribution >= 4 is 32.7 Å². The summed E-state index contributed by atoms with van der Waals surface area (Å²) in [5.74, 6) is 0. The SMILES string of the molecule is CS(=O)(=O)N1CCN(Cc2csc(-c3ccsc3)n2)CC1. The smallest absolute Gasteiger partial charge is 0.211 e. The second-order valence-electron chi connectivity index (χ2n) is 5.09. The van der Waals surface area contributed by atoms with Crippen LogP contribution in [0.5, 0.6) is 0 Å². The Morgan fingerprint density at radius 3 is 2.62 bits per heavy atom. The lowest BCUT2D eigenvalue weighted by atomic mass is 10.3. The quantitative estimate of drug-likeness (QED) is 0.851. The van der Waals surface area contributed by atoms with Crippen molar-refractivity contribution in [1.29, 1.82) is 0 Å². The van der Waals surface area contributed by atoms with Crippen LogP contribution in [0.15, 0.2) is 22.2 Å². The summed E-state index contributed by atoms with van der Waals surface area (Å²) in [4.78, 5) is 6.92. The average Bonchev–Trinajstić information content (AvgIpc) is 3.08. The van der Waals surface area contributed by atoms with Crippen molar-refractivity contribution in [3.63, 3.8) is 0 Å². The van der Waals surface area contributed by atoms with Gasteiger partial charge in [0.1, 0.15) is 5.01 Å². The fourth-order valence-corrected chi connectivity index (χ4v) is 4.70. The summed E-state index contributed by atoms with van der Waals surface area (Å²) in [6, 6.07) is 2.08. The third kappa shape index (κ3) is 3.70. The van der Waals surface area contributed by atoms with Gasteiger partial charge in [0.2, 0.25) is 10.0 Å². The molecule has 21 heavy (non-hydrogen) atoms. The molecule has 0 N–H and O–H groups in total. The lowest BCUT2D eigenvalue weighted by Crippen LogP contribution is -2.47. The number of hydrogen-bond acceptors (Lipinski definition) is 6. The van der Waals surface area contributed by atoms with Gasteiger partial charge in [-0.05, 0) is 11.4 Å². The summed E-state index contributed by atoms with van der Waals surface area (Å²) in [7, 11) is -3.05. The van der Waals surface area contributed by atoms with Crippen molar-refractivity contribution in [2.75, 3.05) is 32.4 Å². The predicted molar refractivity (Wildman–Crippen MR) is 87.1 cm³/mol. The molecule has 0 atom stereocenters. The number of nitrogens with zero attached hydrogens (tertiary/aromatic N) is 3. The molecule has 0 radical (unpaired) electrons. The van der Waals surface area contributed by atoms with Crippen molar-refractivity contribution < 1.29 is 8.42 Å². The summed E-state index contributed by atoms with van der Waals surface area (Å²) in [5, 5.41) is 7.31. The standard InChI is InChI=1S/C13H17N3O2S3/c1-21(17,18)16-5-3-15(4-6-16)8-12-10-20-13(14-12)11-2-7-19-9-11/h2,7,9-10H,3-6,8H2,1H3. The van der Waals surface area contributed by atoms with E-state index in [4.69, 9.17) is 0 Å². The lowest BCUT2D eigenvalue weighted by Gasteiger charge is -2.32. The van der Waals surface area contributed by atoms with Gasteiger partial charge < -0.3 is 0 Å². The monoisotopic (exact) mass is 343 g/mol. The van der Waals surface area contributed by atoms with E-state index in [-0.39, 0.29) is 0 Å².